The summed E-state index contributed by atoms with van der Waals surface area (Å²) in [5.41, 5.74) is 0.452. The predicted octanol–water partition coefficient (Wildman–Crippen LogP) is 4.69. The van der Waals surface area contributed by atoms with Crippen molar-refractivity contribution in [1.82, 2.24) is 10.3 Å². The van der Waals surface area contributed by atoms with E-state index in [1.807, 2.05) is 0 Å². The number of carbonyl (C=O) groups is 1. The summed E-state index contributed by atoms with van der Waals surface area (Å²) in [6.07, 6.45) is 9.93. The Hall–Kier alpha value is -0.880. The van der Waals surface area contributed by atoms with E-state index in [-0.39, 0.29) is 30.0 Å². The molecule has 29 heavy (non-hydrogen) atoms. The highest BCUT2D eigenvalue weighted by molar-refractivity contribution is 6.18. The molecule has 6 nitrogen and oxygen atoms in total. The molecule has 4 aliphatic carbocycles. The van der Waals surface area contributed by atoms with Gasteiger partial charge in [-0.2, -0.15) is 5.01 Å². The van der Waals surface area contributed by atoms with Crippen LogP contribution in [0.15, 0.2) is 5.29 Å². The Morgan fingerprint density at radius 3 is 2.55 bits per heavy atom. The Balaban J connectivity index is 1.49. The lowest BCUT2D eigenvalue weighted by Gasteiger charge is -2.60. The summed E-state index contributed by atoms with van der Waals surface area (Å²) in [6, 6.07) is -0.314. The molecule has 2 amide bonds. The Morgan fingerprint density at radius 1 is 1.10 bits per heavy atom. The summed E-state index contributed by atoms with van der Waals surface area (Å²) in [5.74, 6) is 2.95. The van der Waals surface area contributed by atoms with Gasteiger partial charge in [0.15, 0.2) is 0 Å². The maximum absolute atomic E-state index is 12.5. The maximum Gasteiger partial charge on any atom is 0.340 e. The van der Waals surface area contributed by atoms with Crippen molar-refractivity contribution in [2.75, 3.05) is 12.4 Å². The lowest BCUT2D eigenvalue weighted by atomic mass is 9.45. The molecule has 4 fully saturated rings. The van der Waals surface area contributed by atoms with Gasteiger partial charge in [-0.25, -0.2) is 4.79 Å². The Bertz CT molecular complexity index is 649. The zero-order valence-corrected chi connectivity index (χ0v) is 18.5. The van der Waals surface area contributed by atoms with Crippen molar-refractivity contribution < 1.29 is 9.90 Å². The molecule has 0 aromatic carbocycles. The normalized spacial score (nSPS) is 46.2. The maximum atomic E-state index is 12.5. The minimum Gasteiger partial charge on any atom is -0.393 e. The van der Waals surface area contributed by atoms with Gasteiger partial charge in [0.25, 0.3) is 0 Å². The molecule has 4 aliphatic rings. The summed E-state index contributed by atoms with van der Waals surface area (Å²) < 4.78 is 0. The summed E-state index contributed by atoms with van der Waals surface area (Å²) in [5, 5.41) is 17.1. The van der Waals surface area contributed by atoms with E-state index in [1.54, 1.807) is 0 Å². The second kappa shape index (κ2) is 7.99. The number of hydrogen-bond acceptors (Lipinski definition) is 4. The van der Waals surface area contributed by atoms with Crippen molar-refractivity contribution in [3.63, 3.8) is 0 Å². The van der Waals surface area contributed by atoms with Crippen LogP contribution in [0, 0.1) is 39.4 Å². The van der Waals surface area contributed by atoms with Crippen LogP contribution >= 0.6 is 11.6 Å². The molecule has 4 saturated carbocycles. The standard InChI is InChI=1S/C22H36ClN3O3/c1-21-9-7-15(27)13-14(21)3-4-16-17-5-6-19(22(17,2)10-8-18(16)21)24-20(28)26(25-29)12-11-23/h14-19,27H,3-13H2,1-2H3,(H,24,28)/t14?,15?,16-,17-,18-,19?,21-,22-/m0/s1. The number of alkyl halides is 1. The van der Waals surface area contributed by atoms with E-state index in [0.29, 0.717) is 17.3 Å². The largest absolute Gasteiger partial charge is 0.393 e. The van der Waals surface area contributed by atoms with Crippen molar-refractivity contribution >= 4 is 17.6 Å². The van der Waals surface area contributed by atoms with Gasteiger partial charge in [0, 0.05) is 11.9 Å². The minimum atomic E-state index is -0.411. The number of amides is 2. The molecule has 0 heterocycles. The molecule has 8 atom stereocenters. The topological polar surface area (TPSA) is 82.0 Å². The van der Waals surface area contributed by atoms with Crippen LogP contribution < -0.4 is 5.32 Å². The fourth-order valence-corrected chi connectivity index (χ4v) is 8.12. The first-order valence-corrected chi connectivity index (χ1v) is 12.0. The summed E-state index contributed by atoms with van der Waals surface area (Å²) >= 11 is 5.69. The molecule has 0 aromatic heterocycles. The molecule has 164 valence electrons. The van der Waals surface area contributed by atoms with Crippen LogP contribution in [0.3, 0.4) is 0 Å². The molecule has 0 spiro atoms. The van der Waals surface area contributed by atoms with E-state index in [1.165, 1.54) is 19.3 Å². The van der Waals surface area contributed by atoms with E-state index in [4.69, 9.17) is 11.6 Å². The number of carbonyl (C=O) groups excluding carboxylic acids is 1. The molecule has 0 bridgehead atoms. The van der Waals surface area contributed by atoms with Crippen LogP contribution in [-0.2, 0) is 0 Å². The molecular formula is C22H36ClN3O3. The Morgan fingerprint density at radius 2 is 1.83 bits per heavy atom. The van der Waals surface area contributed by atoms with Gasteiger partial charge in [-0.1, -0.05) is 13.8 Å². The highest BCUT2D eigenvalue weighted by atomic mass is 35.5. The van der Waals surface area contributed by atoms with Gasteiger partial charge < -0.3 is 10.4 Å². The molecule has 0 saturated heterocycles. The fraction of sp³-hybridized carbons (Fsp3) is 0.955. The second-order valence-corrected chi connectivity index (χ2v) is 11.0. The second-order valence-electron chi connectivity index (χ2n) is 10.6. The molecule has 0 aliphatic heterocycles. The number of urea groups is 1. The molecule has 2 N–H and O–H groups in total. The first-order valence-electron chi connectivity index (χ1n) is 11.5. The Kier molecular flexibility index (Phi) is 5.88. The number of aliphatic hydroxyl groups excluding tert-OH is 1. The molecule has 3 unspecified atom stereocenters. The quantitative estimate of drug-likeness (QED) is 0.389. The fourth-order valence-electron chi connectivity index (χ4n) is 7.96. The number of rotatable bonds is 4. The SMILES string of the molecule is C[C@]12CCC(O)CC1CC[C@@H]1[C@@H]2CC[C@]2(C)C(NC(=O)N(CCCl)N=O)CC[C@@H]12. The average molecular weight is 426 g/mol. The van der Waals surface area contributed by atoms with E-state index < -0.39 is 6.03 Å². The third kappa shape index (κ3) is 3.48. The van der Waals surface area contributed by atoms with Gasteiger partial charge in [-0.3, -0.25) is 0 Å². The number of aliphatic hydroxyl groups is 1. The molecule has 0 radical (unpaired) electrons. The van der Waals surface area contributed by atoms with Crippen LogP contribution in [-0.4, -0.2) is 40.7 Å². The summed E-state index contributed by atoms with van der Waals surface area (Å²) in [7, 11) is 0. The third-order valence-corrected chi connectivity index (χ3v) is 9.73. The first-order chi connectivity index (χ1) is 13.8. The smallest absolute Gasteiger partial charge is 0.340 e. The van der Waals surface area contributed by atoms with Crippen molar-refractivity contribution in [3.8, 4) is 0 Å². The number of nitroso groups, excluding NO2 is 1. The Labute approximate surface area is 179 Å². The summed E-state index contributed by atoms with van der Waals surface area (Å²) in [6.45, 7) is 4.99. The molecule has 4 rings (SSSR count). The van der Waals surface area contributed by atoms with Crippen LogP contribution in [0.2, 0.25) is 0 Å². The highest BCUT2D eigenvalue weighted by Gasteiger charge is 2.60. The van der Waals surface area contributed by atoms with Gasteiger partial charge >= 0.3 is 6.03 Å². The number of hydrogen-bond donors (Lipinski definition) is 2. The van der Waals surface area contributed by atoms with Crippen molar-refractivity contribution in [1.29, 1.82) is 0 Å². The molecule has 0 aromatic rings. The number of nitrogens with zero attached hydrogens (tertiary/aromatic N) is 2. The third-order valence-electron chi connectivity index (χ3n) is 9.57. The summed E-state index contributed by atoms with van der Waals surface area (Å²) in [4.78, 5) is 23.5. The van der Waals surface area contributed by atoms with Gasteiger partial charge in [0.05, 0.1) is 17.9 Å². The van der Waals surface area contributed by atoms with Crippen LogP contribution in [0.25, 0.3) is 0 Å². The molecular weight excluding hydrogens is 390 g/mol. The van der Waals surface area contributed by atoms with Crippen molar-refractivity contribution in [3.05, 3.63) is 4.91 Å². The zero-order valence-electron chi connectivity index (χ0n) is 17.8. The average Bonchev–Trinajstić information content (AvgIpc) is 3.03. The van der Waals surface area contributed by atoms with Crippen LogP contribution in [0.5, 0.6) is 0 Å². The minimum absolute atomic E-state index is 0.0870. The predicted molar refractivity (Wildman–Crippen MR) is 113 cm³/mol. The highest BCUT2D eigenvalue weighted by Crippen LogP contribution is 2.66. The van der Waals surface area contributed by atoms with Gasteiger partial charge in [-0.15, -0.1) is 16.5 Å². The van der Waals surface area contributed by atoms with Crippen molar-refractivity contribution in [2.45, 2.75) is 83.8 Å². The number of nitrogens with one attached hydrogen (secondary N) is 1. The van der Waals surface area contributed by atoms with E-state index >= 15 is 0 Å². The first kappa shape index (κ1) is 21.4. The lowest BCUT2D eigenvalue weighted by Crippen LogP contribution is -2.56. The van der Waals surface area contributed by atoms with E-state index in [0.717, 1.165) is 55.4 Å². The van der Waals surface area contributed by atoms with Crippen LogP contribution in [0.1, 0.15) is 71.6 Å². The van der Waals surface area contributed by atoms with E-state index in [2.05, 4.69) is 24.5 Å². The van der Waals surface area contributed by atoms with Gasteiger partial charge in [-0.05, 0) is 92.3 Å². The van der Waals surface area contributed by atoms with E-state index in [9.17, 15) is 14.8 Å². The van der Waals surface area contributed by atoms with Crippen LogP contribution in [0.4, 0.5) is 4.79 Å². The lowest BCUT2D eigenvalue weighted by molar-refractivity contribution is -0.123. The number of fused-ring (bicyclic) bond motifs is 5. The zero-order chi connectivity index (χ0) is 20.8. The number of halogens is 1. The van der Waals surface area contributed by atoms with Crippen molar-refractivity contribution in [2.24, 2.45) is 39.8 Å². The monoisotopic (exact) mass is 425 g/mol. The van der Waals surface area contributed by atoms with Gasteiger partial charge in [0.2, 0.25) is 0 Å². The molecule has 7 heteroatoms. The van der Waals surface area contributed by atoms with Gasteiger partial charge in [0.1, 0.15) is 0 Å².